The van der Waals surface area contributed by atoms with Gasteiger partial charge in [-0.05, 0) is 0 Å². The van der Waals surface area contributed by atoms with Crippen LogP contribution in [0, 0.1) is 0 Å². The summed E-state index contributed by atoms with van der Waals surface area (Å²) in [4.78, 5) is 24.7. The maximum Gasteiger partial charge on any atom is 0.375 e. The molecule has 0 atom stereocenters. The molecule has 7 nitrogen and oxygen atoms in total. The molecule has 0 bridgehead atoms. The van der Waals surface area contributed by atoms with Crippen LogP contribution in [0.25, 0.3) is 0 Å². The van der Waals surface area contributed by atoms with Gasteiger partial charge >= 0.3 is 5.97 Å². The van der Waals surface area contributed by atoms with Crippen LogP contribution in [-0.2, 0) is 4.74 Å². The summed E-state index contributed by atoms with van der Waals surface area (Å²) in [7, 11) is 1.19. The number of hydrogen-bond acceptors (Lipinski definition) is 5. The van der Waals surface area contributed by atoms with Crippen molar-refractivity contribution >= 4 is 11.9 Å². The molecule has 7 heteroatoms. The number of amides is 1. The largest absolute Gasteiger partial charge is 0.463 e. The molecule has 0 saturated heterocycles. The summed E-state index contributed by atoms with van der Waals surface area (Å²) >= 11 is 0. The number of esters is 1. The highest BCUT2D eigenvalue weighted by Crippen LogP contribution is 1.93. The van der Waals surface area contributed by atoms with Crippen LogP contribution in [0.15, 0.2) is 0 Å². The predicted octanol–water partition coefficient (Wildman–Crippen LogP) is -1.31. The van der Waals surface area contributed by atoms with Gasteiger partial charge in [0, 0.05) is 0 Å². The second-order valence-electron chi connectivity index (χ2n) is 1.86. The molecule has 64 valence electrons. The Bertz CT molecular complexity index is 318. The molecule has 0 aliphatic heterocycles. The van der Waals surface area contributed by atoms with Crippen LogP contribution in [0.4, 0.5) is 0 Å². The van der Waals surface area contributed by atoms with E-state index >= 15 is 0 Å². The van der Waals surface area contributed by atoms with Gasteiger partial charge in [-0.1, -0.05) is 0 Å². The van der Waals surface area contributed by atoms with Gasteiger partial charge in [0.1, 0.15) is 0 Å². The molecule has 0 radical (unpaired) electrons. The summed E-state index contributed by atoms with van der Waals surface area (Å²) in [5, 5.41) is 5.57. The van der Waals surface area contributed by atoms with Crippen LogP contribution in [-0.4, -0.2) is 34.2 Å². The molecule has 1 aromatic rings. The van der Waals surface area contributed by atoms with Gasteiger partial charge in [0.2, 0.25) is 11.6 Å². The van der Waals surface area contributed by atoms with E-state index in [2.05, 4.69) is 19.9 Å². The van der Waals surface area contributed by atoms with E-state index in [1.54, 1.807) is 0 Å². The van der Waals surface area contributed by atoms with E-state index in [0.717, 1.165) is 0 Å². The zero-order valence-electron chi connectivity index (χ0n) is 6.20. The number of nitrogens with zero attached hydrogens (tertiary/aromatic N) is 2. The molecule has 0 aromatic carbocycles. The quantitative estimate of drug-likeness (QED) is 0.535. The van der Waals surface area contributed by atoms with Crippen LogP contribution < -0.4 is 5.73 Å². The van der Waals surface area contributed by atoms with E-state index in [9.17, 15) is 9.59 Å². The second-order valence-corrected chi connectivity index (χ2v) is 1.86. The Balaban J connectivity index is 2.91. The molecule has 0 spiro atoms. The summed E-state index contributed by atoms with van der Waals surface area (Å²) < 4.78 is 4.30. The minimum absolute atomic E-state index is 0.147. The fourth-order valence-electron chi connectivity index (χ4n) is 0.560. The van der Waals surface area contributed by atoms with E-state index < -0.39 is 11.9 Å². The monoisotopic (exact) mass is 170 g/mol. The Kier molecular flexibility index (Phi) is 2.04. The van der Waals surface area contributed by atoms with Gasteiger partial charge in [-0.15, -0.1) is 5.10 Å². The summed E-state index contributed by atoms with van der Waals surface area (Å²) in [6.07, 6.45) is 0. The molecule has 0 unspecified atom stereocenters. The number of nitrogens with one attached hydrogen (secondary N) is 1. The molecule has 1 rings (SSSR count). The van der Waals surface area contributed by atoms with Gasteiger partial charge in [0.15, 0.2) is 0 Å². The number of nitrogens with two attached hydrogens (primary N) is 1. The highest BCUT2D eigenvalue weighted by atomic mass is 16.5. The van der Waals surface area contributed by atoms with Crippen molar-refractivity contribution in [3.8, 4) is 0 Å². The van der Waals surface area contributed by atoms with Crippen LogP contribution in [0.5, 0.6) is 0 Å². The maximum absolute atomic E-state index is 10.7. The summed E-state index contributed by atoms with van der Waals surface area (Å²) in [6, 6.07) is 0. The van der Waals surface area contributed by atoms with E-state index in [1.807, 2.05) is 0 Å². The molecule has 1 aromatic heterocycles. The summed E-state index contributed by atoms with van der Waals surface area (Å²) in [6.45, 7) is 0. The van der Waals surface area contributed by atoms with Crippen LogP contribution in [0.3, 0.4) is 0 Å². The van der Waals surface area contributed by atoms with Crippen molar-refractivity contribution < 1.29 is 14.3 Å². The van der Waals surface area contributed by atoms with Gasteiger partial charge in [0.25, 0.3) is 5.91 Å². The number of aromatic amines is 1. The molecular weight excluding hydrogens is 164 g/mol. The Hall–Kier alpha value is -1.92. The van der Waals surface area contributed by atoms with Crippen LogP contribution >= 0.6 is 0 Å². The third-order valence-corrected chi connectivity index (χ3v) is 1.08. The normalized spacial score (nSPS) is 9.42. The number of ether oxygens (including phenoxy) is 1. The summed E-state index contributed by atoms with van der Waals surface area (Å²) in [5.41, 5.74) is 4.83. The minimum Gasteiger partial charge on any atom is -0.463 e. The molecule has 1 amide bonds. The highest BCUT2D eigenvalue weighted by Gasteiger charge is 2.14. The number of rotatable bonds is 2. The van der Waals surface area contributed by atoms with Crippen molar-refractivity contribution in [3.63, 3.8) is 0 Å². The van der Waals surface area contributed by atoms with Crippen LogP contribution in [0.2, 0.25) is 0 Å². The standard InChI is InChI=1S/C5H6N4O3/c1-12-5(11)4-7-3(2(6)10)8-9-4/h1H3,(H2,6,10)(H,7,8,9). The Morgan fingerprint density at radius 3 is 2.67 bits per heavy atom. The molecule has 0 aliphatic carbocycles. The molecular formula is C5H6N4O3. The van der Waals surface area contributed by atoms with Crippen molar-refractivity contribution in [2.75, 3.05) is 7.11 Å². The fourth-order valence-corrected chi connectivity index (χ4v) is 0.560. The molecule has 0 aliphatic rings. The van der Waals surface area contributed by atoms with Crippen molar-refractivity contribution in [3.05, 3.63) is 11.6 Å². The fraction of sp³-hybridized carbons (Fsp3) is 0.200. The molecule has 0 saturated carbocycles. The average molecular weight is 170 g/mol. The number of aromatic nitrogens is 3. The van der Waals surface area contributed by atoms with Crippen molar-refractivity contribution in [1.82, 2.24) is 15.2 Å². The SMILES string of the molecule is COC(=O)c1nc(C(N)=O)n[nH]1. The van der Waals surface area contributed by atoms with Crippen molar-refractivity contribution in [2.24, 2.45) is 5.73 Å². The maximum atomic E-state index is 10.7. The topological polar surface area (TPSA) is 111 Å². The first-order chi connectivity index (χ1) is 5.65. The zero-order chi connectivity index (χ0) is 9.14. The number of primary amides is 1. The van der Waals surface area contributed by atoms with E-state index in [4.69, 9.17) is 5.73 Å². The van der Waals surface area contributed by atoms with E-state index in [1.165, 1.54) is 7.11 Å². The van der Waals surface area contributed by atoms with Gasteiger partial charge in [-0.25, -0.2) is 4.79 Å². The Morgan fingerprint density at radius 1 is 1.58 bits per heavy atom. The van der Waals surface area contributed by atoms with Gasteiger partial charge < -0.3 is 10.5 Å². The lowest BCUT2D eigenvalue weighted by Crippen LogP contribution is -2.13. The minimum atomic E-state index is -0.804. The van der Waals surface area contributed by atoms with Crippen molar-refractivity contribution in [2.45, 2.75) is 0 Å². The zero-order valence-corrected chi connectivity index (χ0v) is 6.20. The van der Waals surface area contributed by atoms with Gasteiger partial charge in [-0.3, -0.25) is 9.89 Å². The number of methoxy groups -OCH3 is 1. The van der Waals surface area contributed by atoms with Gasteiger partial charge in [0.05, 0.1) is 7.11 Å². The first-order valence-electron chi connectivity index (χ1n) is 2.95. The number of hydrogen-bond donors (Lipinski definition) is 2. The lowest BCUT2D eigenvalue weighted by Gasteiger charge is -1.89. The molecule has 0 fully saturated rings. The lowest BCUT2D eigenvalue weighted by molar-refractivity contribution is 0.0587. The molecule has 1 heterocycles. The number of carbonyl (C=O) groups is 2. The van der Waals surface area contributed by atoms with Gasteiger partial charge in [-0.2, -0.15) is 4.98 Å². The van der Waals surface area contributed by atoms with E-state index in [-0.39, 0.29) is 11.6 Å². The average Bonchev–Trinajstić information content (AvgIpc) is 2.51. The number of carbonyl (C=O) groups excluding carboxylic acids is 2. The smallest absolute Gasteiger partial charge is 0.375 e. The van der Waals surface area contributed by atoms with E-state index in [0.29, 0.717) is 0 Å². The van der Waals surface area contributed by atoms with Crippen LogP contribution in [0.1, 0.15) is 21.2 Å². The van der Waals surface area contributed by atoms with Crippen molar-refractivity contribution in [1.29, 1.82) is 0 Å². The molecule has 3 N–H and O–H groups in total. The first kappa shape index (κ1) is 8.18. The highest BCUT2D eigenvalue weighted by molar-refractivity contribution is 5.91. The Labute approximate surface area is 66.9 Å². The second kappa shape index (κ2) is 2.99. The third kappa shape index (κ3) is 1.39. The number of H-pyrrole nitrogens is 1. The third-order valence-electron chi connectivity index (χ3n) is 1.08. The first-order valence-corrected chi connectivity index (χ1v) is 2.95. The lowest BCUT2D eigenvalue weighted by atomic mass is 10.6. The Morgan fingerprint density at radius 2 is 2.25 bits per heavy atom. The molecule has 12 heavy (non-hydrogen) atoms. The predicted molar refractivity (Wildman–Crippen MR) is 36.2 cm³/mol. The summed E-state index contributed by atoms with van der Waals surface area (Å²) in [5.74, 6) is -1.89.